The molecule has 3 fully saturated rings. The fourth-order valence-corrected chi connectivity index (χ4v) is 4.68. The highest BCUT2D eigenvalue weighted by Crippen LogP contribution is 2.74. The van der Waals surface area contributed by atoms with Crippen LogP contribution in [0.5, 0.6) is 0 Å². The highest BCUT2D eigenvalue weighted by Gasteiger charge is 2.72. The van der Waals surface area contributed by atoms with E-state index in [-0.39, 0.29) is 22.6 Å². The molecular weight excluding hydrogens is 228 g/mol. The van der Waals surface area contributed by atoms with Crippen LogP contribution in [0, 0.1) is 10.8 Å². The Morgan fingerprint density at radius 2 is 1.93 bits per heavy atom. The average molecular weight is 239 g/mol. The van der Waals surface area contributed by atoms with Crippen molar-refractivity contribution in [1.29, 1.82) is 0 Å². The first-order chi connectivity index (χ1) is 6.31. The molecule has 0 aromatic rings. The van der Waals surface area contributed by atoms with Crippen LogP contribution in [0.2, 0.25) is 0 Å². The molecule has 14 heavy (non-hydrogen) atoms. The van der Waals surface area contributed by atoms with Gasteiger partial charge in [-0.25, -0.2) is 8.42 Å². The maximum absolute atomic E-state index is 11.3. The predicted octanol–water partition coefficient (Wildman–Crippen LogP) is 0.898. The Morgan fingerprint density at radius 3 is 2.29 bits per heavy atom. The zero-order valence-electron chi connectivity index (χ0n) is 7.75. The summed E-state index contributed by atoms with van der Waals surface area (Å²) in [7, 11) is 3.08. The number of esters is 1. The lowest BCUT2D eigenvalue weighted by Crippen LogP contribution is -2.67. The molecule has 0 N–H and O–H groups in total. The van der Waals surface area contributed by atoms with E-state index < -0.39 is 9.05 Å². The van der Waals surface area contributed by atoms with E-state index in [0.717, 1.165) is 0 Å². The third-order valence-electron chi connectivity index (χ3n) is 3.24. The Labute approximate surface area is 87.0 Å². The monoisotopic (exact) mass is 238 g/mol. The zero-order chi connectivity index (χ0) is 10.6. The van der Waals surface area contributed by atoms with E-state index in [9.17, 15) is 13.2 Å². The third kappa shape index (κ3) is 1.34. The highest BCUT2D eigenvalue weighted by molar-refractivity contribution is 8.13. The van der Waals surface area contributed by atoms with Crippen molar-refractivity contribution in [1.82, 2.24) is 0 Å². The topological polar surface area (TPSA) is 60.4 Å². The number of halogens is 1. The summed E-state index contributed by atoms with van der Waals surface area (Å²) in [4.78, 5) is 11.3. The molecule has 3 aliphatic carbocycles. The van der Waals surface area contributed by atoms with Crippen molar-refractivity contribution in [2.75, 3.05) is 12.9 Å². The van der Waals surface area contributed by atoms with Crippen molar-refractivity contribution in [2.45, 2.75) is 19.3 Å². The third-order valence-corrected chi connectivity index (χ3v) is 4.52. The molecule has 3 aliphatic rings. The summed E-state index contributed by atoms with van der Waals surface area (Å²) in [5.41, 5.74) is -0.606. The van der Waals surface area contributed by atoms with E-state index in [1.165, 1.54) is 7.11 Å². The van der Waals surface area contributed by atoms with Crippen molar-refractivity contribution in [3.8, 4) is 0 Å². The average Bonchev–Trinajstić information content (AvgIpc) is 1.90. The minimum atomic E-state index is -3.44. The van der Waals surface area contributed by atoms with Gasteiger partial charge in [-0.15, -0.1) is 0 Å². The van der Waals surface area contributed by atoms with Crippen LogP contribution in [0.15, 0.2) is 0 Å². The Balaban J connectivity index is 1.98. The second-order valence-corrected chi connectivity index (χ2v) is 7.26. The van der Waals surface area contributed by atoms with Gasteiger partial charge in [0.25, 0.3) is 0 Å². The van der Waals surface area contributed by atoms with E-state index in [1.807, 2.05) is 0 Å². The van der Waals surface area contributed by atoms with Crippen LogP contribution in [-0.4, -0.2) is 27.2 Å². The molecule has 0 radical (unpaired) electrons. The van der Waals surface area contributed by atoms with Gasteiger partial charge >= 0.3 is 5.97 Å². The van der Waals surface area contributed by atoms with Crippen LogP contribution in [0.4, 0.5) is 0 Å². The predicted molar refractivity (Wildman–Crippen MR) is 50.4 cm³/mol. The van der Waals surface area contributed by atoms with Crippen LogP contribution in [-0.2, 0) is 18.6 Å². The maximum Gasteiger partial charge on any atom is 0.311 e. The van der Waals surface area contributed by atoms with Gasteiger partial charge in [0.2, 0.25) is 9.05 Å². The summed E-state index contributed by atoms with van der Waals surface area (Å²) in [5, 5.41) is 0. The van der Waals surface area contributed by atoms with Crippen molar-refractivity contribution < 1.29 is 17.9 Å². The van der Waals surface area contributed by atoms with Gasteiger partial charge in [0.1, 0.15) is 0 Å². The quantitative estimate of drug-likeness (QED) is 0.541. The van der Waals surface area contributed by atoms with Gasteiger partial charge in [0.15, 0.2) is 0 Å². The van der Waals surface area contributed by atoms with Gasteiger partial charge < -0.3 is 4.74 Å². The van der Waals surface area contributed by atoms with Crippen LogP contribution in [0.3, 0.4) is 0 Å². The van der Waals surface area contributed by atoms with Crippen LogP contribution >= 0.6 is 10.7 Å². The molecule has 0 aromatic heterocycles. The normalized spacial score (nSPS) is 39.6. The Bertz CT molecular complexity index is 366. The number of ether oxygens (including phenoxy) is 1. The number of hydrogen-bond acceptors (Lipinski definition) is 4. The largest absolute Gasteiger partial charge is 0.469 e. The van der Waals surface area contributed by atoms with Crippen molar-refractivity contribution in [3.05, 3.63) is 0 Å². The Morgan fingerprint density at radius 1 is 1.43 bits per heavy atom. The molecular formula is C8H11ClO4S. The van der Waals surface area contributed by atoms with E-state index in [2.05, 4.69) is 4.74 Å². The summed E-state index contributed by atoms with van der Waals surface area (Å²) >= 11 is 0. The fraction of sp³-hybridized carbons (Fsp3) is 0.875. The van der Waals surface area contributed by atoms with E-state index in [4.69, 9.17) is 10.7 Å². The summed E-state index contributed by atoms with van der Waals surface area (Å²) in [6.45, 7) is 0. The minimum absolute atomic E-state index is 0.0136. The first-order valence-corrected chi connectivity index (χ1v) is 6.80. The molecule has 3 rings (SSSR count). The minimum Gasteiger partial charge on any atom is -0.469 e. The van der Waals surface area contributed by atoms with Crippen LogP contribution in [0.25, 0.3) is 0 Å². The summed E-state index contributed by atoms with van der Waals surface area (Å²) in [6.07, 6.45) is 1.83. The molecule has 0 amide bonds. The molecule has 0 spiro atoms. The van der Waals surface area contributed by atoms with Gasteiger partial charge in [-0.2, -0.15) is 0 Å². The Kier molecular flexibility index (Phi) is 1.93. The van der Waals surface area contributed by atoms with Crippen molar-refractivity contribution in [2.24, 2.45) is 10.8 Å². The number of methoxy groups -OCH3 is 1. The summed E-state index contributed by atoms with van der Waals surface area (Å²) in [5.74, 6) is -0.230. The SMILES string of the molecule is COC(=O)C12CC(CS(=O)(=O)Cl)(C1)C2. The van der Waals surface area contributed by atoms with E-state index in [1.54, 1.807) is 0 Å². The zero-order valence-corrected chi connectivity index (χ0v) is 9.32. The van der Waals surface area contributed by atoms with Gasteiger partial charge in [0.05, 0.1) is 18.3 Å². The van der Waals surface area contributed by atoms with Gasteiger partial charge in [-0.1, -0.05) is 0 Å². The number of rotatable bonds is 3. The van der Waals surface area contributed by atoms with E-state index >= 15 is 0 Å². The molecule has 6 heteroatoms. The molecule has 0 unspecified atom stereocenters. The second-order valence-electron chi connectivity index (χ2n) is 4.49. The lowest BCUT2D eigenvalue weighted by Gasteiger charge is -2.68. The summed E-state index contributed by atoms with van der Waals surface area (Å²) in [6, 6.07) is 0. The molecule has 0 aliphatic heterocycles. The second kappa shape index (κ2) is 2.64. The van der Waals surface area contributed by atoms with Gasteiger partial charge in [-0.3, -0.25) is 4.79 Å². The first kappa shape index (κ1) is 10.2. The van der Waals surface area contributed by atoms with Crippen molar-refractivity contribution in [3.63, 3.8) is 0 Å². The molecule has 2 bridgehead atoms. The Hall–Kier alpha value is -0.290. The lowest BCUT2D eigenvalue weighted by atomic mass is 9.36. The standard InChI is InChI=1S/C8H11ClO4S/c1-13-6(10)8-2-7(3-8,4-8)5-14(9,11)12/h2-5H2,1H3. The number of carbonyl (C=O) groups excluding carboxylic acids is 1. The molecule has 0 heterocycles. The van der Waals surface area contributed by atoms with Gasteiger partial charge in [0, 0.05) is 10.7 Å². The van der Waals surface area contributed by atoms with Crippen LogP contribution < -0.4 is 0 Å². The molecule has 3 saturated carbocycles. The molecule has 0 saturated heterocycles. The highest BCUT2D eigenvalue weighted by atomic mass is 35.7. The lowest BCUT2D eigenvalue weighted by molar-refractivity contribution is -0.217. The van der Waals surface area contributed by atoms with Crippen LogP contribution in [0.1, 0.15) is 19.3 Å². The number of hydrogen-bond donors (Lipinski definition) is 0. The molecule has 0 atom stereocenters. The first-order valence-electron chi connectivity index (χ1n) is 4.32. The molecule has 0 aromatic carbocycles. The van der Waals surface area contributed by atoms with E-state index in [0.29, 0.717) is 19.3 Å². The fourth-order valence-electron chi connectivity index (χ4n) is 2.95. The smallest absolute Gasteiger partial charge is 0.311 e. The maximum atomic E-state index is 11.3. The molecule has 4 nitrogen and oxygen atoms in total. The van der Waals surface area contributed by atoms with Crippen molar-refractivity contribution >= 4 is 25.7 Å². The number of carbonyl (C=O) groups is 1. The van der Waals surface area contributed by atoms with Gasteiger partial charge in [-0.05, 0) is 24.7 Å². The molecule has 80 valence electrons. The summed E-state index contributed by atoms with van der Waals surface area (Å²) < 4.78 is 26.4.